The number of fused-ring (bicyclic) bond motifs is 1. The summed E-state index contributed by atoms with van der Waals surface area (Å²) in [5.74, 6) is -1.03. The first-order valence-corrected chi connectivity index (χ1v) is 11.6. The Morgan fingerprint density at radius 3 is 2.34 bits per heavy atom. The lowest BCUT2D eigenvalue weighted by Gasteiger charge is -2.22. The predicted octanol–water partition coefficient (Wildman–Crippen LogP) is 2.25. The second-order valence-electron chi connectivity index (χ2n) is 7.67. The van der Waals surface area contributed by atoms with Gasteiger partial charge in [0.1, 0.15) is 19.3 Å². The third kappa shape index (κ3) is 5.98. The molecule has 1 aliphatic rings. The van der Waals surface area contributed by atoms with Crippen LogP contribution in [0.3, 0.4) is 0 Å². The van der Waals surface area contributed by atoms with Crippen LogP contribution in [0.2, 0.25) is 0 Å². The van der Waals surface area contributed by atoms with Gasteiger partial charge >= 0.3 is 5.97 Å². The molecular formula is C22H26N2O7S. The highest BCUT2D eigenvalue weighted by molar-refractivity contribution is 7.89. The van der Waals surface area contributed by atoms with Crippen molar-refractivity contribution in [2.45, 2.75) is 31.7 Å². The molecule has 0 bridgehead atoms. The molecule has 0 aliphatic carbocycles. The number of ether oxygens (including phenoxy) is 3. The highest BCUT2D eigenvalue weighted by Gasteiger charge is 2.31. The van der Waals surface area contributed by atoms with Gasteiger partial charge in [-0.1, -0.05) is 31.5 Å². The minimum absolute atomic E-state index is 0.0719. The zero-order valence-electron chi connectivity index (χ0n) is 18.1. The second kappa shape index (κ2) is 10.0. The largest absolute Gasteiger partial charge is 0.486 e. The topological polar surface area (TPSA) is 120 Å². The average Bonchev–Trinajstić information content (AvgIpc) is 2.77. The summed E-state index contributed by atoms with van der Waals surface area (Å²) in [6, 6.07) is 10.2. The van der Waals surface area contributed by atoms with E-state index in [1.807, 2.05) is 19.1 Å². The molecule has 0 fully saturated rings. The molecule has 172 valence electrons. The second-order valence-corrected chi connectivity index (χ2v) is 9.38. The molecule has 3 rings (SSSR count). The summed E-state index contributed by atoms with van der Waals surface area (Å²) < 4.78 is 44.0. The first-order chi connectivity index (χ1) is 15.2. The maximum atomic E-state index is 12.8. The van der Waals surface area contributed by atoms with E-state index in [2.05, 4.69) is 10.0 Å². The van der Waals surface area contributed by atoms with Crippen LogP contribution in [0.4, 0.5) is 5.69 Å². The number of aryl methyl sites for hydroxylation is 1. The Labute approximate surface area is 187 Å². The van der Waals surface area contributed by atoms with Crippen LogP contribution >= 0.6 is 0 Å². The number of hydrogen-bond donors (Lipinski definition) is 2. The van der Waals surface area contributed by atoms with Crippen LogP contribution in [0.15, 0.2) is 47.4 Å². The van der Waals surface area contributed by atoms with Gasteiger partial charge < -0.3 is 19.5 Å². The predicted molar refractivity (Wildman–Crippen MR) is 117 cm³/mol. The average molecular weight is 463 g/mol. The molecule has 2 N–H and O–H groups in total. The number of benzene rings is 2. The summed E-state index contributed by atoms with van der Waals surface area (Å²) in [4.78, 5) is 24.6. The first kappa shape index (κ1) is 23.6. The number of rotatable bonds is 8. The van der Waals surface area contributed by atoms with E-state index in [1.165, 1.54) is 18.2 Å². The number of carbonyl (C=O) groups is 2. The van der Waals surface area contributed by atoms with E-state index in [9.17, 15) is 18.0 Å². The Balaban J connectivity index is 1.63. The molecule has 0 saturated carbocycles. The molecule has 0 saturated heterocycles. The van der Waals surface area contributed by atoms with E-state index in [0.29, 0.717) is 30.4 Å². The SMILES string of the molecule is Cc1ccc(NC(=O)COC(=O)C(NS(=O)(=O)c2ccc3c(c2)OCCO3)C(C)C)cc1. The van der Waals surface area contributed by atoms with E-state index in [-0.39, 0.29) is 4.90 Å². The highest BCUT2D eigenvalue weighted by atomic mass is 32.2. The summed E-state index contributed by atoms with van der Waals surface area (Å²) in [6.07, 6.45) is 0. The highest BCUT2D eigenvalue weighted by Crippen LogP contribution is 2.32. The number of carbonyl (C=O) groups excluding carboxylic acids is 2. The summed E-state index contributed by atoms with van der Waals surface area (Å²) in [6.45, 7) is 5.42. The number of esters is 1. The minimum Gasteiger partial charge on any atom is -0.486 e. The molecule has 0 spiro atoms. The van der Waals surface area contributed by atoms with Gasteiger partial charge in [0.05, 0.1) is 4.90 Å². The molecule has 10 heteroatoms. The van der Waals surface area contributed by atoms with Crippen molar-refractivity contribution in [1.29, 1.82) is 0 Å². The molecule has 0 aromatic heterocycles. The van der Waals surface area contributed by atoms with Gasteiger partial charge in [-0.05, 0) is 37.1 Å². The third-order valence-corrected chi connectivity index (χ3v) is 6.15. The van der Waals surface area contributed by atoms with Crippen molar-refractivity contribution in [1.82, 2.24) is 4.72 Å². The van der Waals surface area contributed by atoms with Crippen LogP contribution < -0.4 is 19.5 Å². The Bertz CT molecular complexity index is 1080. The van der Waals surface area contributed by atoms with Gasteiger partial charge in [0.15, 0.2) is 18.1 Å². The van der Waals surface area contributed by atoms with Crippen molar-refractivity contribution < 1.29 is 32.2 Å². The minimum atomic E-state index is -4.06. The molecule has 1 aliphatic heterocycles. The van der Waals surface area contributed by atoms with E-state index in [1.54, 1.807) is 26.0 Å². The van der Waals surface area contributed by atoms with Gasteiger partial charge in [-0.15, -0.1) is 0 Å². The quantitative estimate of drug-likeness (QED) is 0.577. The van der Waals surface area contributed by atoms with Crippen LogP contribution in [0.25, 0.3) is 0 Å². The van der Waals surface area contributed by atoms with Gasteiger partial charge in [0.25, 0.3) is 5.91 Å². The molecule has 32 heavy (non-hydrogen) atoms. The third-order valence-electron chi connectivity index (χ3n) is 4.71. The summed E-state index contributed by atoms with van der Waals surface area (Å²) in [5.41, 5.74) is 1.61. The summed E-state index contributed by atoms with van der Waals surface area (Å²) in [5, 5.41) is 2.62. The normalized spacial score (nSPS) is 14.0. The maximum absolute atomic E-state index is 12.8. The van der Waals surface area contributed by atoms with E-state index in [0.717, 1.165) is 5.56 Å². The van der Waals surface area contributed by atoms with Crippen LogP contribution in [-0.2, 0) is 24.3 Å². The van der Waals surface area contributed by atoms with Gasteiger partial charge in [-0.3, -0.25) is 9.59 Å². The Hall–Kier alpha value is -3.11. The molecule has 2 aromatic rings. The smallest absolute Gasteiger partial charge is 0.324 e. The van der Waals surface area contributed by atoms with Crippen molar-refractivity contribution >= 4 is 27.6 Å². The van der Waals surface area contributed by atoms with Crippen LogP contribution in [0.5, 0.6) is 11.5 Å². The number of hydrogen-bond acceptors (Lipinski definition) is 7. The van der Waals surface area contributed by atoms with Crippen LogP contribution in [-0.4, -0.2) is 46.2 Å². The van der Waals surface area contributed by atoms with E-state index >= 15 is 0 Å². The molecule has 2 aromatic carbocycles. The lowest BCUT2D eigenvalue weighted by atomic mass is 10.1. The lowest BCUT2D eigenvalue weighted by molar-refractivity contribution is -0.150. The first-order valence-electron chi connectivity index (χ1n) is 10.1. The molecule has 1 heterocycles. The van der Waals surface area contributed by atoms with Gasteiger partial charge in [0, 0.05) is 11.8 Å². The Morgan fingerprint density at radius 1 is 1.03 bits per heavy atom. The van der Waals surface area contributed by atoms with Crippen LogP contribution in [0.1, 0.15) is 19.4 Å². The summed E-state index contributed by atoms with van der Waals surface area (Å²) >= 11 is 0. The molecule has 1 atom stereocenters. The van der Waals surface area contributed by atoms with Gasteiger partial charge in [-0.2, -0.15) is 4.72 Å². The number of anilines is 1. The Morgan fingerprint density at radius 2 is 1.69 bits per heavy atom. The standard InChI is InChI=1S/C22H26N2O7S/c1-14(2)21(22(26)31-13-20(25)23-16-6-4-15(3)5-7-16)24-32(27,28)17-8-9-18-19(12-17)30-11-10-29-18/h4-9,12,14,21,24H,10-11,13H2,1-3H3,(H,23,25). The molecule has 0 radical (unpaired) electrons. The maximum Gasteiger partial charge on any atom is 0.324 e. The van der Waals surface area contributed by atoms with Crippen molar-refractivity contribution in [3.8, 4) is 11.5 Å². The van der Waals surface area contributed by atoms with Crippen molar-refractivity contribution in [3.05, 3.63) is 48.0 Å². The lowest BCUT2D eigenvalue weighted by Crippen LogP contribution is -2.45. The Kier molecular flexibility index (Phi) is 7.37. The van der Waals surface area contributed by atoms with Crippen molar-refractivity contribution in [3.63, 3.8) is 0 Å². The van der Waals surface area contributed by atoms with Crippen molar-refractivity contribution in [2.75, 3.05) is 25.1 Å². The zero-order valence-corrected chi connectivity index (χ0v) is 18.9. The van der Waals surface area contributed by atoms with Crippen molar-refractivity contribution in [2.24, 2.45) is 5.92 Å². The zero-order chi connectivity index (χ0) is 23.3. The fourth-order valence-electron chi connectivity index (χ4n) is 2.94. The van der Waals surface area contributed by atoms with E-state index < -0.39 is 40.5 Å². The van der Waals surface area contributed by atoms with Crippen LogP contribution in [0, 0.1) is 12.8 Å². The molecule has 1 amide bonds. The number of amides is 1. The molecular weight excluding hydrogens is 436 g/mol. The fourth-order valence-corrected chi connectivity index (χ4v) is 4.29. The van der Waals surface area contributed by atoms with Gasteiger partial charge in [-0.25, -0.2) is 8.42 Å². The monoisotopic (exact) mass is 462 g/mol. The summed E-state index contributed by atoms with van der Waals surface area (Å²) in [7, 11) is -4.06. The van der Waals surface area contributed by atoms with Gasteiger partial charge in [0.2, 0.25) is 10.0 Å². The number of sulfonamides is 1. The molecule has 1 unspecified atom stereocenters. The van der Waals surface area contributed by atoms with E-state index in [4.69, 9.17) is 14.2 Å². The number of nitrogens with one attached hydrogen (secondary N) is 2. The molecule has 9 nitrogen and oxygen atoms in total. The fraction of sp³-hybridized carbons (Fsp3) is 0.364.